The van der Waals surface area contributed by atoms with Gasteiger partial charge >= 0.3 is 0 Å². The highest BCUT2D eigenvalue weighted by molar-refractivity contribution is 5.29. The van der Waals surface area contributed by atoms with Gasteiger partial charge in [-0.05, 0) is 42.9 Å². The van der Waals surface area contributed by atoms with E-state index in [1.54, 1.807) is 0 Å². The molecule has 2 rings (SSSR count). The van der Waals surface area contributed by atoms with Gasteiger partial charge in [0.1, 0.15) is 5.75 Å². The summed E-state index contributed by atoms with van der Waals surface area (Å²) in [5.41, 5.74) is 6.84. The lowest BCUT2D eigenvalue weighted by Gasteiger charge is -2.42. The van der Waals surface area contributed by atoms with E-state index in [9.17, 15) is 5.11 Å². The average molecular weight is 291 g/mol. The fourth-order valence-corrected chi connectivity index (χ4v) is 3.25. The summed E-state index contributed by atoms with van der Waals surface area (Å²) in [6.07, 6.45) is 4.87. The van der Waals surface area contributed by atoms with Crippen LogP contribution in [0.2, 0.25) is 0 Å². The number of nitrogens with two attached hydrogens (primary N) is 1. The first kappa shape index (κ1) is 16.3. The zero-order chi connectivity index (χ0) is 15.3. The van der Waals surface area contributed by atoms with Crippen molar-refractivity contribution in [3.63, 3.8) is 0 Å². The van der Waals surface area contributed by atoms with Crippen molar-refractivity contribution in [3.8, 4) is 5.75 Å². The lowest BCUT2D eigenvalue weighted by atomic mass is 9.66. The van der Waals surface area contributed by atoms with E-state index in [-0.39, 0.29) is 5.41 Å². The van der Waals surface area contributed by atoms with Gasteiger partial charge in [0.05, 0.1) is 12.7 Å². The third-order valence-electron chi connectivity index (χ3n) is 4.93. The molecule has 1 saturated carbocycles. The van der Waals surface area contributed by atoms with E-state index in [0.29, 0.717) is 6.54 Å². The lowest BCUT2D eigenvalue weighted by molar-refractivity contribution is -0.00820. The van der Waals surface area contributed by atoms with Gasteiger partial charge in [0.2, 0.25) is 0 Å². The SMILES string of the molecule is CCCOc1ccc(C(O)C2(CN)CCC(C)CC2)cc1. The summed E-state index contributed by atoms with van der Waals surface area (Å²) in [4.78, 5) is 0. The molecule has 0 bridgehead atoms. The van der Waals surface area contributed by atoms with E-state index in [1.165, 1.54) is 0 Å². The third-order valence-corrected chi connectivity index (χ3v) is 4.93. The van der Waals surface area contributed by atoms with E-state index < -0.39 is 6.10 Å². The van der Waals surface area contributed by atoms with Crippen LogP contribution in [-0.4, -0.2) is 18.3 Å². The first-order valence-electron chi connectivity index (χ1n) is 8.22. The number of aliphatic hydroxyl groups is 1. The summed E-state index contributed by atoms with van der Waals surface area (Å²) >= 11 is 0. The van der Waals surface area contributed by atoms with Crippen molar-refractivity contribution in [2.24, 2.45) is 17.1 Å². The molecule has 1 aliphatic carbocycles. The fraction of sp³-hybridized carbons (Fsp3) is 0.667. The first-order chi connectivity index (χ1) is 10.1. The van der Waals surface area contributed by atoms with Crippen LogP contribution >= 0.6 is 0 Å². The van der Waals surface area contributed by atoms with E-state index in [2.05, 4.69) is 13.8 Å². The summed E-state index contributed by atoms with van der Waals surface area (Å²) < 4.78 is 5.59. The fourth-order valence-electron chi connectivity index (χ4n) is 3.25. The Balaban J connectivity index is 2.08. The van der Waals surface area contributed by atoms with Gasteiger partial charge in [0, 0.05) is 12.0 Å². The van der Waals surface area contributed by atoms with Gasteiger partial charge in [-0.3, -0.25) is 0 Å². The molecular weight excluding hydrogens is 262 g/mol. The Morgan fingerprint density at radius 1 is 1.29 bits per heavy atom. The molecule has 118 valence electrons. The minimum absolute atomic E-state index is 0.154. The van der Waals surface area contributed by atoms with Crippen molar-refractivity contribution in [3.05, 3.63) is 29.8 Å². The second-order valence-corrected chi connectivity index (χ2v) is 6.57. The van der Waals surface area contributed by atoms with Crippen molar-refractivity contribution in [2.75, 3.05) is 13.2 Å². The first-order valence-corrected chi connectivity index (χ1v) is 8.22. The molecule has 0 heterocycles. The Kier molecular flexibility index (Phi) is 5.65. The second-order valence-electron chi connectivity index (χ2n) is 6.57. The van der Waals surface area contributed by atoms with Gasteiger partial charge in [-0.1, -0.05) is 38.8 Å². The highest BCUT2D eigenvalue weighted by atomic mass is 16.5. The summed E-state index contributed by atoms with van der Waals surface area (Å²) in [7, 11) is 0. The molecule has 21 heavy (non-hydrogen) atoms. The molecule has 3 N–H and O–H groups in total. The van der Waals surface area contributed by atoms with Crippen LogP contribution in [0.1, 0.15) is 57.6 Å². The average Bonchev–Trinajstić information content (AvgIpc) is 2.54. The predicted octanol–water partition coefficient (Wildman–Crippen LogP) is 3.66. The van der Waals surface area contributed by atoms with Crippen LogP contribution in [0.5, 0.6) is 5.75 Å². The zero-order valence-electron chi connectivity index (χ0n) is 13.3. The number of benzene rings is 1. The van der Waals surface area contributed by atoms with Crippen LogP contribution in [0.4, 0.5) is 0 Å². The maximum atomic E-state index is 10.8. The second kappa shape index (κ2) is 7.28. The van der Waals surface area contributed by atoms with Gasteiger partial charge in [-0.15, -0.1) is 0 Å². The zero-order valence-corrected chi connectivity index (χ0v) is 13.3. The molecule has 1 aromatic carbocycles. The van der Waals surface area contributed by atoms with Gasteiger partial charge in [-0.2, -0.15) is 0 Å². The minimum Gasteiger partial charge on any atom is -0.494 e. The Morgan fingerprint density at radius 3 is 2.43 bits per heavy atom. The quantitative estimate of drug-likeness (QED) is 0.841. The van der Waals surface area contributed by atoms with Crippen LogP contribution in [0.15, 0.2) is 24.3 Å². The standard InChI is InChI=1S/C18H29NO2/c1-3-12-21-16-6-4-15(5-7-16)17(20)18(13-19)10-8-14(2)9-11-18/h4-7,14,17,20H,3,8-13,19H2,1-2H3. The molecule has 1 aliphatic rings. The van der Waals surface area contributed by atoms with E-state index in [0.717, 1.165) is 55.9 Å². The number of rotatable bonds is 6. The van der Waals surface area contributed by atoms with E-state index in [4.69, 9.17) is 10.5 Å². The van der Waals surface area contributed by atoms with Gasteiger partial charge in [0.25, 0.3) is 0 Å². The van der Waals surface area contributed by atoms with Crippen LogP contribution in [-0.2, 0) is 0 Å². The molecule has 1 unspecified atom stereocenters. The highest BCUT2D eigenvalue weighted by Gasteiger charge is 2.40. The van der Waals surface area contributed by atoms with Crippen molar-refractivity contribution in [2.45, 2.75) is 52.1 Å². The van der Waals surface area contributed by atoms with Crippen molar-refractivity contribution >= 4 is 0 Å². The normalized spacial score (nSPS) is 27.3. The largest absolute Gasteiger partial charge is 0.494 e. The van der Waals surface area contributed by atoms with Crippen molar-refractivity contribution < 1.29 is 9.84 Å². The van der Waals surface area contributed by atoms with Crippen LogP contribution in [0.3, 0.4) is 0 Å². The molecule has 1 atom stereocenters. The Morgan fingerprint density at radius 2 is 1.90 bits per heavy atom. The van der Waals surface area contributed by atoms with Gasteiger partial charge in [-0.25, -0.2) is 0 Å². The lowest BCUT2D eigenvalue weighted by Crippen LogP contribution is -2.39. The van der Waals surface area contributed by atoms with Crippen LogP contribution in [0, 0.1) is 11.3 Å². The number of ether oxygens (including phenoxy) is 1. The summed E-state index contributed by atoms with van der Waals surface area (Å²) in [5, 5.41) is 10.8. The molecule has 3 nitrogen and oxygen atoms in total. The summed E-state index contributed by atoms with van der Waals surface area (Å²) in [6, 6.07) is 7.85. The minimum atomic E-state index is -0.477. The van der Waals surface area contributed by atoms with Crippen LogP contribution in [0.25, 0.3) is 0 Å². The van der Waals surface area contributed by atoms with Gasteiger partial charge in [0.15, 0.2) is 0 Å². The highest BCUT2D eigenvalue weighted by Crippen LogP contribution is 2.46. The third kappa shape index (κ3) is 3.78. The summed E-state index contributed by atoms with van der Waals surface area (Å²) in [5.74, 6) is 1.62. The molecule has 0 spiro atoms. The molecule has 0 aliphatic heterocycles. The number of hydrogen-bond donors (Lipinski definition) is 2. The van der Waals surface area contributed by atoms with E-state index in [1.807, 2.05) is 24.3 Å². The smallest absolute Gasteiger partial charge is 0.119 e. The Labute approximate surface area is 128 Å². The molecule has 1 aromatic rings. The predicted molar refractivity (Wildman–Crippen MR) is 86.3 cm³/mol. The Hall–Kier alpha value is -1.06. The number of hydrogen-bond acceptors (Lipinski definition) is 3. The molecule has 1 fully saturated rings. The van der Waals surface area contributed by atoms with Crippen LogP contribution < -0.4 is 10.5 Å². The summed E-state index contributed by atoms with van der Waals surface area (Å²) in [6.45, 7) is 5.65. The molecule has 0 radical (unpaired) electrons. The van der Waals surface area contributed by atoms with Gasteiger partial charge < -0.3 is 15.6 Å². The molecule has 0 aromatic heterocycles. The monoisotopic (exact) mass is 291 g/mol. The van der Waals surface area contributed by atoms with E-state index >= 15 is 0 Å². The molecule has 0 saturated heterocycles. The maximum Gasteiger partial charge on any atom is 0.119 e. The van der Waals surface area contributed by atoms with Crippen molar-refractivity contribution in [1.82, 2.24) is 0 Å². The topological polar surface area (TPSA) is 55.5 Å². The molecular formula is C18H29NO2. The molecule has 3 heteroatoms. The molecule has 0 amide bonds. The Bertz CT molecular complexity index is 421. The number of aliphatic hydroxyl groups excluding tert-OH is 1. The van der Waals surface area contributed by atoms with Crippen molar-refractivity contribution in [1.29, 1.82) is 0 Å². The maximum absolute atomic E-state index is 10.8.